The Morgan fingerprint density at radius 2 is 2.00 bits per heavy atom. The maximum Gasteiger partial charge on any atom is 0.338 e. The second-order valence-corrected chi connectivity index (χ2v) is 5.95. The predicted octanol–water partition coefficient (Wildman–Crippen LogP) is 3.32. The standard InChI is InChI=1S/C15H21NO2.ClH/c1-9-10-7-8-13(16)12(10)6-5-11(9)14(17)18-15(2,3)4;/h5-6,13H,7-8,16H2,1-4H3;1H/t13-;/m1./s1. The third-order valence-electron chi connectivity index (χ3n) is 3.36. The van der Waals surface area contributed by atoms with Crippen molar-refractivity contribution < 1.29 is 9.53 Å². The van der Waals surface area contributed by atoms with Gasteiger partial charge in [0.05, 0.1) is 5.56 Å². The number of nitrogens with two attached hydrogens (primary N) is 1. The number of carbonyl (C=O) groups is 1. The summed E-state index contributed by atoms with van der Waals surface area (Å²) in [5, 5.41) is 0. The molecule has 0 fully saturated rings. The van der Waals surface area contributed by atoms with Crippen molar-refractivity contribution in [2.75, 3.05) is 0 Å². The molecule has 2 N–H and O–H groups in total. The van der Waals surface area contributed by atoms with Gasteiger partial charge in [-0.15, -0.1) is 12.4 Å². The number of esters is 1. The summed E-state index contributed by atoms with van der Waals surface area (Å²) < 4.78 is 5.42. The van der Waals surface area contributed by atoms with Gasteiger partial charge >= 0.3 is 5.97 Å². The molecule has 0 saturated heterocycles. The Balaban J connectivity index is 0.00000180. The quantitative estimate of drug-likeness (QED) is 0.805. The summed E-state index contributed by atoms with van der Waals surface area (Å²) >= 11 is 0. The first-order valence-corrected chi connectivity index (χ1v) is 6.41. The molecule has 0 amide bonds. The zero-order valence-corrected chi connectivity index (χ0v) is 12.8. The van der Waals surface area contributed by atoms with E-state index in [1.165, 1.54) is 11.1 Å². The van der Waals surface area contributed by atoms with E-state index in [4.69, 9.17) is 10.5 Å². The van der Waals surface area contributed by atoms with E-state index in [-0.39, 0.29) is 24.4 Å². The third-order valence-corrected chi connectivity index (χ3v) is 3.36. The summed E-state index contributed by atoms with van der Waals surface area (Å²) in [6.07, 6.45) is 1.92. The van der Waals surface area contributed by atoms with Gasteiger partial charge in [-0.1, -0.05) is 6.07 Å². The van der Waals surface area contributed by atoms with E-state index in [2.05, 4.69) is 0 Å². The van der Waals surface area contributed by atoms with E-state index in [0.717, 1.165) is 18.4 Å². The molecule has 19 heavy (non-hydrogen) atoms. The molecule has 1 atom stereocenters. The Labute approximate surface area is 120 Å². The number of hydrogen-bond donors (Lipinski definition) is 1. The zero-order chi connectivity index (χ0) is 13.5. The molecule has 1 aliphatic rings. The van der Waals surface area contributed by atoms with Crippen molar-refractivity contribution in [3.63, 3.8) is 0 Å². The monoisotopic (exact) mass is 283 g/mol. The van der Waals surface area contributed by atoms with Crippen molar-refractivity contribution >= 4 is 18.4 Å². The van der Waals surface area contributed by atoms with Crippen LogP contribution in [0.15, 0.2) is 12.1 Å². The van der Waals surface area contributed by atoms with Crippen molar-refractivity contribution in [1.29, 1.82) is 0 Å². The lowest BCUT2D eigenvalue weighted by atomic mass is 9.98. The van der Waals surface area contributed by atoms with E-state index in [1.807, 2.05) is 39.8 Å². The van der Waals surface area contributed by atoms with Crippen LogP contribution in [0.1, 0.15) is 60.3 Å². The fourth-order valence-corrected chi connectivity index (χ4v) is 2.47. The molecular weight excluding hydrogens is 262 g/mol. The molecule has 3 nitrogen and oxygen atoms in total. The minimum Gasteiger partial charge on any atom is -0.456 e. The van der Waals surface area contributed by atoms with Gasteiger partial charge in [-0.2, -0.15) is 0 Å². The number of fused-ring (bicyclic) bond motifs is 1. The van der Waals surface area contributed by atoms with Crippen molar-refractivity contribution in [3.05, 3.63) is 34.4 Å². The summed E-state index contributed by atoms with van der Waals surface area (Å²) in [5.74, 6) is -0.247. The topological polar surface area (TPSA) is 52.3 Å². The van der Waals surface area contributed by atoms with E-state index in [9.17, 15) is 4.79 Å². The molecule has 1 aromatic rings. The van der Waals surface area contributed by atoms with Crippen LogP contribution in [0.2, 0.25) is 0 Å². The number of carbonyl (C=O) groups excluding carboxylic acids is 1. The van der Waals surface area contributed by atoms with Crippen LogP contribution < -0.4 is 5.73 Å². The van der Waals surface area contributed by atoms with Gasteiger partial charge in [0.1, 0.15) is 5.60 Å². The fraction of sp³-hybridized carbons (Fsp3) is 0.533. The normalized spacial score (nSPS) is 17.6. The highest BCUT2D eigenvalue weighted by atomic mass is 35.5. The minimum atomic E-state index is -0.459. The van der Waals surface area contributed by atoms with Crippen LogP contribution in [0.3, 0.4) is 0 Å². The highest BCUT2D eigenvalue weighted by molar-refractivity contribution is 5.92. The Morgan fingerprint density at radius 1 is 1.37 bits per heavy atom. The molecule has 106 valence electrons. The number of rotatable bonds is 1. The number of benzene rings is 1. The molecule has 1 aromatic carbocycles. The van der Waals surface area contributed by atoms with Gasteiger partial charge in [-0.3, -0.25) is 0 Å². The number of halogens is 1. The molecule has 0 spiro atoms. The molecule has 0 heterocycles. The molecule has 0 saturated carbocycles. The molecule has 0 bridgehead atoms. The first-order valence-electron chi connectivity index (χ1n) is 6.41. The largest absolute Gasteiger partial charge is 0.456 e. The van der Waals surface area contributed by atoms with Gasteiger partial charge in [0.2, 0.25) is 0 Å². The van der Waals surface area contributed by atoms with E-state index >= 15 is 0 Å². The molecular formula is C15H22ClNO2. The Bertz CT molecular complexity index is 492. The second-order valence-electron chi connectivity index (χ2n) is 5.95. The summed E-state index contributed by atoms with van der Waals surface area (Å²) in [7, 11) is 0. The smallest absolute Gasteiger partial charge is 0.338 e. The van der Waals surface area contributed by atoms with Gasteiger partial charge in [0.25, 0.3) is 0 Å². The van der Waals surface area contributed by atoms with Crippen molar-refractivity contribution in [3.8, 4) is 0 Å². The predicted molar refractivity (Wildman–Crippen MR) is 78.8 cm³/mol. The van der Waals surface area contributed by atoms with Crippen LogP contribution in [-0.4, -0.2) is 11.6 Å². The van der Waals surface area contributed by atoms with E-state index in [1.54, 1.807) is 0 Å². The lowest BCUT2D eigenvalue weighted by Crippen LogP contribution is -2.24. The molecule has 0 radical (unpaired) electrons. The van der Waals surface area contributed by atoms with Crippen molar-refractivity contribution in [2.45, 2.75) is 52.2 Å². The average Bonchev–Trinajstić information content (AvgIpc) is 2.59. The van der Waals surface area contributed by atoms with Gasteiger partial charge in [-0.25, -0.2) is 4.79 Å². The maximum atomic E-state index is 12.1. The molecule has 4 heteroatoms. The van der Waals surface area contributed by atoms with Crippen LogP contribution in [0, 0.1) is 6.92 Å². The molecule has 0 unspecified atom stereocenters. The van der Waals surface area contributed by atoms with Gasteiger partial charge in [-0.05, 0) is 63.3 Å². The van der Waals surface area contributed by atoms with Crippen LogP contribution in [0.4, 0.5) is 0 Å². The maximum absolute atomic E-state index is 12.1. The Hall–Kier alpha value is -1.06. The molecule has 0 aromatic heterocycles. The van der Waals surface area contributed by atoms with Crippen LogP contribution >= 0.6 is 12.4 Å². The Morgan fingerprint density at radius 3 is 2.58 bits per heavy atom. The first-order chi connectivity index (χ1) is 8.29. The lowest BCUT2D eigenvalue weighted by Gasteiger charge is -2.21. The summed E-state index contributed by atoms with van der Waals surface area (Å²) in [6.45, 7) is 7.62. The van der Waals surface area contributed by atoms with Gasteiger partial charge in [0, 0.05) is 6.04 Å². The minimum absolute atomic E-state index is 0. The molecule has 1 aliphatic carbocycles. The van der Waals surface area contributed by atoms with Gasteiger partial charge < -0.3 is 10.5 Å². The first kappa shape index (κ1) is 16.0. The third kappa shape index (κ3) is 3.28. The Kier molecular flexibility index (Phi) is 4.64. The zero-order valence-electron chi connectivity index (χ0n) is 11.9. The summed E-state index contributed by atoms with van der Waals surface area (Å²) in [6, 6.07) is 3.93. The molecule has 2 rings (SSSR count). The fourth-order valence-electron chi connectivity index (χ4n) is 2.47. The van der Waals surface area contributed by atoms with Crippen LogP contribution in [0.5, 0.6) is 0 Å². The SMILES string of the molecule is Cc1c(C(=O)OC(C)(C)C)ccc2c1CC[C@H]2N.Cl. The van der Waals surface area contributed by atoms with Crippen molar-refractivity contribution in [1.82, 2.24) is 0 Å². The van der Waals surface area contributed by atoms with E-state index in [0.29, 0.717) is 5.56 Å². The number of ether oxygens (including phenoxy) is 1. The average molecular weight is 284 g/mol. The summed E-state index contributed by atoms with van der Waals surface area (Å²) in [4.78, 5) is 12.1. The lowest BCUT2D eigenvalue weighted by molar-refractivity contribution is 0.00686. The highest BCUT2D eigenvalue weighted by Gasteiger charge is 2.25. The van der Waals surface area contributed by atoms with E-state index < -0.39 is 5.60 Å². The number of hydrogen-bond acceptors (Lipinski definition) is 3. The van der Waals surface area contributed by atoms with Crippen LogP contribution in [-0.2, 0) is 11.2 Å². The van der Waals surface area contributed by atoms with Crippen molar-refractivity contribution in [2.24, 2.45) is 5.73 Å². The van der Waals surface area contributed by atoms with Gasteiger partial charge in [0.15, 0.2) is 0 Å². The second kappa shape index (κ2) is 5.51. The summed E-state index contributed by atoms with van der Waals surface area (Å²) in [5.41, 5.74) is 9.66. The highest BCUT2D eigenvalue weighted by Crippen LogP contribution is 2.33. The molecule has 0 aliphatic heterocycles. The van der Waals surface area contributed by atoms with Crippen LogP contribution in [0.25, 0.3) is 0 Å².